The number of aromatic nitrogens is 6. The second-order valence-electron chi connectivity index (χ2n) is 19.5. The molecule has 4 aliphatic rings. The highest BCUT2D eigenvalue weighted by Gasteiger charge is 2.53. The van der Waals surface area contributed by atoms with E-state index in [9.17, 15) is 0 Å². The van der Waals surface area contributed by atoms with Gasteiger partial charge in [-0.15, -0.1) is 0 Å². The molecule has 6 nitrogen and oxygen atoms in total. The van der Waals surface area contributed by atoms with Crippen LogP contribution >= 0.6 is 0 Å². The summed E-state index contributed by atoms with van der Waals surface area (Å²) in [6, 6.07) is 66.0. The van der Waals surface area contributed by atoms with E-state index in [2.05, 4.69) is 173 Å². The van der Waals surface area contributed by atoms with Gasteiger partial charge in [0.25, 0.3) is 0 Å². The average molecular weight is 859 g/mol. The predicted octanol–water partition coefficient (Wildman–Crippen LogP) is 13.7. The lowest BCUT2D eigenvalue weighted by Crippen LogP contribution is -2.28. The Balaban J connectivity index is 1.14. The predicted molar refractivity (Wildman–Crippen MR) is 266 cm³/mol. The smallest absolute Gasteiger partial charge is 0.164 e. The zero-order chi connectivity index (χ0) is 44.8. The van der Waals surface area contributed by atoms with Crippen molar-refractivity contribution in [2.24, 2.45) is 0 Å². The minimum absolute atomic E-state index is 0.454. The molecular formula is C61H42N6. The number of hydrogen-bond acceptors (Lipinski definition) is 6. The first-order valence-electron chi connectivity index (χ1n) is 23.1. The van der Waals surface area contributed by atoms with E-state index < -0.39 is 16.2 Å². The molecule has 14 rings (SSSR count). The Bertz CT molecular complexity index is 3510. The summed E-state index contributed by atoms with van der Waals surface area (Å²) in [5.74, 6) is 3.88. The van der Waals surface area contributed by atoms with Crippen LogP contribution in [0.4, 0.5) is 0 Å². The average Bonchev–Trinajstić information content (AvgIpc) is 3.84. The van der Waals surface area contributed by atoms with Crippen LogP contribution in [0.5, 0.6) is 0 Å². The van der Waals surface area contributed by atoms with Crippen LogP contribution in [0, 0.1) is 0 Å². The molecule has 0 fully saturated rings. The lowest BCUT2D eigenvalue weighted by Gasteiger charge is -2.34. The molecule has 316 valence electrons. The van der Waals surface area contributed by atoms with E-state index in [1.165, 1.54) is 55.6 Å². The van der Waals surface area contributed by atoms with Crippen LogP contribution < -0.4 is 0 Å². The minimum atomic E-state index is -0.725. The molecule has 10 aromatic rings. The quantitative estimate of drug-likeness (QED) is 0.172. The Labute approximate surface area is 389 Å². The molecule has 6 heteroatoms. The molecule has 0 N–H and O–H groups in total. The van der Waals surface area contributed by atoms with Crippen molar-refractivity contribution in [3.05, 3.63) is 226 Å². The molecule has 8 aromatic carbocycles. The fourth-order valence-electron chi connectivity index (χ4n) is 11.7. The minimum Gasteiger partial charge on any atom is -0.208 e. The van der Waals surface area contributed by atoms with Crippen molar-refractivity contribution in [1.29, 1.82) is 0 Å². The molecule has 67 heavy (non-hydrogen) atoms. The van der Waals surface area contributed by atoms with Gasteiger partial charge in [0.1, 0.15) is 0 Å². The van der Waals surface area contributed by atoms with Crippen LogP contribution in [-0.2, 0) is 16.2 Å². The van der Waals surface area contributed by atoms with E-state index in [4.69, 9.17) is 29.9 Å². The molecule has 0 amide bonds. The normalized spacial score (nSPS) is 15.2. The second kappa shape index (κ2) is 13.4. The summed E-state index contributed by atoms with van der Waals surface area (Å²) in [7, 11) is 0. The molecule has 1 spiro atoms. The summed E-state index contributed by atoms with van der Waals surface area (Å²) < 4.78 is 0. The van der Waals surface area contributed by atoms with Gasteiger partial charge in [0, 0.05) is 44.2 Å². The van der Waals surface area contributed by atoms with Crippen LogP contribution in [0.3, 0.4) is 0 Å². The van der Waals surface area contributed by atoms with Crippen molar-refractivity contribution in [3.8, 4) is 90.6 Å². The molecule has 0 unspecified atom stereocenters. The molecule has 2 aliphatic carbocycles. The van der Waals surface area contributed by atoms with Gasteiger partial charge in [-0.2, -0.15) is 0 Å². The maximum atomic E-state index is 5.39. The summed E-state index contributed by atoms with van der Waals surface area (Å²) in [6.45, 7) is 9.35. The zero-order valence-electron chi connectivity index (χ0n) is 37.5. The van der Waals surface area contributed by atoms with Gasteiger partial charge in [-0.05, 0) is 78.9 Å². The van der Waals surface area contributed by atoms with E-state index in [0.29, 0.717) is 34.9 Å². The van der Waals surface area contributed by atoms with Crippen LogP contribution in [-0.4, -0.2) is 29.9 Å². The van der Waals surface area contributed by atoms with Gasteiger partial charge in [-0.3, -0.25) is 0 Å². The van der Waals surface area contributed by atoms with Gasteiger partial charge in [-0.25, -0.2) is 29.9 Å². The Kier molecular flexibility index (Phi) is 7.63. The lowest BCUT2D eigenvalue weighted by molar-refractivity contribution is 0.636. The summed E-state index contributed by atoms with van der Waals surface area (Å²) in [6.07, 6.45) is 0. The molecule has 2 aromatic heterocycles. The summed E-state index contributed by atoms with van der Waals surface area (Å²) in [5, 5.41) is 0. The second-order valence-corrected chi connectivity index (χ2v) is 19.5. The number of rotatable bonds is 2. The van der Waals surface area contributed by atoms with E-state index in [1.54, 1.807) is 0 Å². The van der Waals surface area contributed by atoms with Crippen LogP contribution in [0.2, 0.25) is 0 Å². The zero-order valence-corrected chi connectivity index (χ0v) is 37.5. The SMILES string of the molecule is CC1(C)c2ccc3c(c2)C24c5cc(ccc5-c5ccc(cc52)-c2nc(-c5ccccc5)nc(n2)-c2ccccc2C(C)(C)c2ccc-3c4c2)-c2nc(-c3ccccc3)nc(n2)-c2ccccc21. The third kappa shape index (κ3) is 5.21. The Morgan fingerprint density at radius 2 is 0.582 bits per heavy atom. The highest BCUT2D eigenvalue weighted by molar-refractivity contribution is 5.97. The van der Waals surface area contributed by atoms with E-state index in [0.717, 1.165) is 44.5 Å². The fourth-order valence-corrected chi connectivity index (χ4v) is 11.7. The molecule has 0 atom stereocenters. The number of nitrogens with zero attached hydrogens (tertiary/aromatic N) is 6. The van der Waals surface area contributed by atoms with Gasteiger partial charge in [-0.1, -0.05) is 198 Å². The monoisotopic (exact) mass is 858 g/mol. The summed E-state index contributed by atoms with van der Waals surface area (Å²) in [4.78, 5) is 31.8. The van der Waals surface area contributed by atoms with E-state index in [-0.39, 0.29) is 0 Å². The van der Waals surface area contributed by atoms with Gasteiger partial charge < -0.3 is 0 Å². The Hall–Kier alpha value is -8.22. The standard InChI is InChI=1S/C61H42N6/c1-59(2)39-25-29-43-44-30-26-40-34-52(44)61(51(43)33-39)49-31-37(55-62-53(35-15-7-5-8-16-35)64-57(66-55)45-19-11-13-21-47(45)59)23-27-41(49)42-28-24-38(32-50(42)61)56-63-54(36-17-9-6-10-18-36)65-58(67-56)46-20-12-14-22-48(46)60(40,3)4/h5-34H,1-4H3. The van der Waals surface area contributed by atoms with Gasteiger partial charge in [0.15, 0.2) is 34.9 Å². The molecular weight excluding hydrogens is 817 g/mol. The van der Waals surface area contributed by atoms with Crippen molar-refractivity contribution in [3.63, 3.8) is 0 Å². The van der Waals surface area contributed by atoms with Gasteiger partial charge in [0.2, 0.25) is 0 Å². The summed E-state index contributed by atoms with van der Waals surface area (Å²) >= 11 is 0. The Morgan fingerprint density at radius 1 is 0.254 bits per heavy atom. The van der Waals surface area contributed by atoms with Gasteiger partial charge in [0.05, 0.1) is 5.41 Å². The van der Waals surface area contributed by atoms with Crippen molar-refractivity contribution >= 4 is 0 Å². The van der Waals surface area contributed by atoms with Crippen molar-refractivity contribution in [2.45, 2.75) is 43.9 Å². The summed E-state index contributed by atoms with van der Waals surface area (Å²) in [5.41, 5.74) is 18.6. The third-order valence-electron chi connectivity index (χ3n) is 15.3. The van der Waals surface area contributed by atoms with Crippen LogP contribution in [0.1, 0.15) is 72.2 Å². The Morgan fingerprint density at radius 3 is 1.00 bits per heavy atom. The van der Waals surface area contributed by atoms with Crippen molar-refractivity contribution < 1.29 is 0 Å². The highest BCUT2D eigenvalue weighted by Crippen LogP contribution is 2.65. The number of hydrogen-bond donors (Lipinski definition) is 0. The first-order chi connectivity index (χ1) is 32.7. The number of benzene rings is 8. The maximum Gasteiger partial charge on any atom is 0.164 e. The van der Waals surface area contributed by atoms with E-state index >= 15 is 0 Å². The highest BCUT2D eigenvalue weighted by atomic mass is 15.0. The molecule has 2 aliphatic heterocycles. The van der Waals surface area contributed by atoms with Crippen LogP contribution in [0.25, 0.3) is 90.6 Å². The molecule has 0 saturated heterocycles. The van der Waals surface area contributed by atoms with Crippen molar-refractivity contribution in [2.75, 3.05) is 0 Å². The first-order valence-corrected chi connectivity index (χ1v) is 23.1. The molecule has 12 bridgehead atoms. The lowest BCUT2D eigenvalue weighted by atomic mass is 9.67. The maximum absolute atomic E-state index is 5.39. The molecule has 0 saturated carbocycles. The van der Waals surface area contributed by atoms with Gasteiger partial charge >= 0.3 is 0 Å². The van der Waals surface area contributed by atoms with E-state index in [1.807, 2.05) is 36.4 Å². The van der Waals surface area contributed by atoms with Crippen molar-refractivity contribution in [1.82, 2.24) is 29.9 Å². The largest absolute Gasteiger partial charge is 0.208 e. The van der Waals surface area contributed by atoms with Crippen LogP contribution in [0.15, 0.2) is 182 Å². The molecule has 4 heterocycles. The fraction of sp³-hybridized carbons (Fsp3) is 0.115. The molecule has 0 radical (unpaired) electrons. The third-order valence-corrected chi connectivity index (χ3v) is 15.3. The number of fused-ring (bicyclic) bond motifs is 16. The topological polar surface area (TPSA) is 77.3 Å². The first kappa shape index (κ1) is 38.1.